The number of ether oxygens (including phenoxy) is 4. The second kappa shape index (κ2) is 8.90. The van der Waals surface area contributed by atoms with Gasteiger partial charge in [0.1, 0.15) is 17.3 Å². The van der Waals surface area contributed by atoms with Gasteiger partial charge in [0.05, 0.1) is 34.0 Å². The average molecular weight is 396 g/mol. The zero-order valence-corrected chi connectivity index (χ0v) is 17.9. The minimum absolute atomic E-state index is 0.728. The largest absolute Gasteiger partial charge is 0.497 e. The fourth-order valence-corrected chi connectivity index (χ4v) is 3.40. The van der Waals surface area contributed by atoms with Gasteiger partial charge in [-0.1, -0.05) is 6.07 Å². The minimum Gasteiger partial charge on any atom is -0.497 e. The fourth-order valence-electron chi connectivity index (χ4n) is 3.40. The number of methoxy groups -OCH3 is 4. The van der Waals surface area contributed by atoms with Gasteiger partial charge in [-0.3, -0.25) is 0 Å². The molecule has 0 radical (unpaired) electrons. The summed E-state index contributed by atoms with van der Waals surface area (Å²) >= 11 is 0. The van der Waals surface area contributed by atoms with Crippen molar-refractivity contribution in [2.24, 2.45) is 0 Å². The molecule has 0 aliphatic rings. The Labute approximate surface area is 172 Å². The number of likely N-dealkylation sites (N-methyl/N-ethyl adjacent to an activating group) is 1. The van der Waals surface area contributed by atoms with Gasteiger partial charge in [0.2, 0.25) is 0 Å². The molecule has 0 bridgehead atoms. The maximum atomic E-state index is 5.54. The fraction of sp³-hybridized carbons (Fsp3) is 0.348. The van der Waals surface area contributed by atoms with Gasteiger partial charge in [0.15, 0.2) is 11.5 Å². The van der Waals surface area contributed by atoms with Crippen LogP contribution < -0.4 is 23.8 Å². The Morgan fingerprint density at radius 2 is 1.55 bits per heavy atom. The first kappa shape index (κ1) is 20.6. The highest BCUT2D eigenvalue weighted by Crippen LogP contribution is 2.34. The van der Waals surface area contributed by atoms with Crippen molar-refractivity contribution in [3.63, 3.8) is 0 Å². The average Bonchev–Trinajstić information content (AvgIpc) is 2.75. The molecule has 0 aliphatic heterocycles. The van der Waals surface area contributed by atoms with Crippen LogP contribution in [-0.2, 0) is 6.42 Å². The molecule has 0 unspecified atom stereocenters. The summed E-state index contributed by atoms with van der Waals surface area (Å²) in [5.74, 6) is 3.88. The summed E-state index contributed by atoms with van der Waals surface area (Å²) in [6.07, 6.45) is 0.858. The molecule has 1 heterocycles. The molecule has 6 heteroatoms. The molecule has 0 aliphatic carbocycles. The Balaban J connectivity index is 1.84. The van der Waals surface area contributed by atoms with Crippen LogP contribution in [0.5, 0.6) is 23.0 Å². The normalized spacial score (nSPS) is 10.7. The molecule has 0 fully saturated rings. The van der Waals surface area contributed by atoms with E-state index in [0.29, 0.717) is 0 Å². The second-order valence-electron chi connectivity index (χ2n) is 6.88. The lowest BCUT2D eigenvalue weighted by molar-refractivity contribution is 0.354. The summed E-state index contributed by atoms with van der Waals surface area (Å²) in [6, 6.07) is 11.9. The Kier molecular flexibility index (Phi) is 6.32. The first-order valence-electron chi connectivity index (χ1n) is 9.46. The zero-order valence-electron chi connectivity index (χ0n) is 17.9. The van der Waals surface area contributed by atoms with E-state index in [1.165, 1.54) is 5.56 Å². The topological polar surface area (TPSA) is 53.1 Å². The molecule has 154 valence electrons. The molecule has 0 saturated carbocycles. The number of benzene rings is 2. The molecular weight excluding hydrogens is 368 g/mol. The van der Waals surface area contributed by atoms with Gasteiger partial charge in [0.25, 0.3) is 0 Å². The van der Waals surface area contributed by atoms with Crippen molar-refractivity contribution in [2.75, 3.05) is 46.9 Å². The van der Waals surface area contributed by atoms with Gasteiger partial charge in [-0.15, -0.1) is 0 Å². The number of hydrogen-bond donors (Lipinski definition) is 0. The van der Waals surface area contributed by atoms with E-state index in [9.17, 15) is 0 Å². The van der Waals surface area contributed by atoms with Crippen LogP contribution in [0.15, 0.2) is 36.4 Å². The highest BCUT2D eigenvalue weighted by molar-refractivity contribution is 5.91. The first-order valence-corrected chi connectivity index (χ1v) is 9.46. The van der Waals surface area contributed by atoms with Gasteiger partial charge in [-0.05, 0) is 42.7 Å². The number of aryl methyl sites for hydroxylation is 1. The quantitative estimate of drug-likeness (QED) is 0.567. The highest BCUT2D eigenvalue weighted by atomic mass is 16.5. The Morgan fingerprint density at radius 1 is 0.828 bits per heavy atom. The van der Waals surface area contributed by atoms with E-state index in [4.69, 9.17) is 23.9 Å². The molecule has 0 saturated heterocycles. The van der Waals surface area contributed by atoms with Crippen molar-refractivity contribution in [3.05, 3.63) is 47.5 Å². The molecule has 6 nitrogen and oxygen atoms in total. The molecule has 1 aromatic heterocycles. The number of rotatable bonds is 8. The Morgan fingerprint density at radius 3 is 2.21 bits per heavy atom. The summed E-state index contributed by atoms with van der Waals surface area (Å²) in [4.78, 5) is 7.00. The summed E-state index contributed by atoms with van der Waals surface area (Å²) in [6.45, 7) is 2.89. The third-order valence-corrected chi connectivity index (χ3v) is 5.06. The zero-order chi connectivity index (χ0) is 21.0. The molecule has 0 N–H and O–H groups in total. The summed E-state index contributed by atoms with van der Waals surface area (Å²) < 4.78 is 21.7. The second-order valence-corrected chi connectivity index (χ2v) is 6.88. The van der Waals surface area contributed by atoms with Gasteiger partial charge < -0.3 is 23.8 Å². The van der Waals surface area contributed by atoms with Crippen LogP contribution in [0.4, 0.5) is 5.82 Å². The summed E-state index contributed by atoms with van der Waals surface area (Å²) in [7, 11) is 8.65. The molecule has 0 atom stereocenters. The van der Waals surface area contributed by atoms with Gasteiger partial charge in [-0.25, -0.2) is 4.98 Å². The number of anilines is 1. The number of pyridine rings is 1. The maximum Gasteiger partial charge on any atom is 0.160 e. The lowest BCUT2D eigenvalue weighted by Crippen LogP contribution is -2.21. The third-order valence-electron chi connectivity index (χ3n) is 5.06. The Hall–Kier alpha value is -3.15. The van der Waals surface area contributed by atoms with Crippen molar-refractivity contribution < 1.29 is 18.9 Å². The van der Waals surface area contributed by atoms with Crippen molar-refractivity contribution in [3.8, 4) is 23.0 Å². The van der Waals surface area contributed by atoms with E-state index in [1.54, 1.807) is 28.4 Å². The predicted octanol–water partition coefficient (Wildman–Crippen LogP) is 4.26. The molecular formula is C23H28N2O4. The first-order chi connectivity index (χ1) is 14.0. The van der Waals surface area contributed by atoms with Crippen LogP contribution in [0.25, 0.3) is 10.9 Å². The van der Waals surface area contributed by atoms with Crippen LogP contribution in [-0.4, -0.2) is 47.0 Å². The smallest absolute Gasteiger partial charge is 0.160 e. The van der Waals surface area contributed by atoms with Crippen LogP contribution in [0, 0.1) is 6.92 Å². The lowest BCUT2D eigenvalue weighted by Gasteiger charge is -2.20. The van der Waals surface area contributed by atoms with E-state index < -0.39 is 0 Å². The van der Waals surface area contributed by atoms with Gasteiger partial charge >= 0.3 is 0 Å². The number of hydrogen-bond acceptors (Lipinski definition) is 6. The van der Waals surface area contributed by atoms with Crippen molar-refractivity contribution in [1.82, 2.24) is 4.98 Å². The van der Waals surface area contributed by atoms with E-state index in [2.05, 4.69) is 24.0 Å². The molecule has 3 aromatic rings. The molecule has 29 heavy (non-hydrogen) atoms. The number of aromatic nitrogens is 1. The molecule has 0 amide bonds. The van der Waals surface area contributed by atoms with Crippen molar-refractivity contribution in [1.29, 1.82) is 0 Å². The summed E-state index contributed by atoms with van der Waals surface area (Å²) in [5, 5.41) is 1.00. The lowest BCUT2D eigenvalue weighted by atomic mass is 10.1. The predicted molar refractivity (Wildman–Crippen MR) is 116 cm³/mol. The van der Waals surface area contributed by atoms with E-state index in [-0.39, 0.29) is 0 Å². The van der Waals surface area contributed by atoms with Crippen LogP contribution >= 0.6 is 0 Å². The van der Waals surface area contributed by atoms with Crippen LogP contribution in [0.2, 0.25) is 0 Å². The third kappa shape index (κ3) is 4.31. The highest BCUT2D eigenvalue weighted by Gasteiger charge is 2.13. The Bertz CT molecular complexity index is 1000. The van der Waals surface area contributed by atoms with Crippen molar-refractivity contribution in [2.45, 2.75) is 13.3 Å². The molecule has 0 spiro atoms. The van der Waals surface area contributed by atoms with E-state index in [1.807, 2.05) is 31.3 Å². The molecule has 3 rings (SSSR count). The minimum atomic E-state index is 0.728. The standard InChI is InChI=1S/C23H28N2O4/c1-15-11-22(24-18-13-17(26-3)14-21(29-6)23(15)18)25(2)10-9-16-7-8-19(27-4)20(12-16)28-5/h7-8,11-14H,9-10H2,1-6H3. The van der Waals surface area contributed by atoms with Crippen LogP contribution in [0.1, 0.15) is 11.1 Å². The van der Waals surface area contributed by atoms with E-state index >= 15 is 0 Å². The van der Waals surface area contributed by atoms with Crippen molar-refractivity contribution >= 4 is 16.7 Å². The maximum absolute atomic E-state index is 5.54. The monoisotopic (exact) mass is 396 g/mol. The summed E-state index contributed by atoms with van der Waals surface area (Å²) in [5.41, 5.74) is 3.15. The number of fused-ring (bicyclic) bond motifs is 1. The number of nitrogens with zero attached hydrogens (tertiary/aromatic N) is 2. The van der Waals surface area contributed by atoms with Gasteiger partial charge in [0, 0.05) is 31.1 Å². The van der Waals surface area contributed by atoms with Gasteiger partial charge in [-0.2, -0.15) is 0 Å². The van der Waals surface area contributed by atoms with E-state index in [0.717, 1.165) is 58.2 Å². The SMILES string of the molecule is COc1cc(OC)c2c(C)cc(N(C)CCc3ccc(OC)c(OC)c3)nc2c1. The van der Waals surface area contributed by atoms with Crippen LogP contribution in [0.3, 0.4) is 0 Å². The molecule has 2 aromatic carbocycles.